The number of nitrogens with zero attached hydrogens (tertiary/aromatic N) is 2. The first-order valence-electron chi connectivity index (χ1n) is 9.81. The molecule has 0 saturated heterocycles. The van der Waals surface area contributed by atoms with E-state index >= 15 is 0 Å². The summed E-state index contributed by atoms with van der Waals surface area (Å²) in [5.41, 5.74) is 5.08. The Morgan fingerprint density at radius 2 is 1.83 bits per heavy atom. The molecular formula is C23H24N4O2. The maximum absolute atomic E-state index is 12.9. The molecule has 1 fully saturated rings. The van der Waals surface area contributed by atoms with Crippen LogP contribution in [-0.2, 0) is 4.79 Å². The zero-order valence-corrected chi connectivity index (χ0v) is 16.6. The zero-order valence-electron chi connectivity index (χ0n) is 16.6. The Morgan fingerprint density at radius 1 is 1.07 bits per heavy atom. The Bertz CT molecular complexity index is 1050. The summed E-state index contributed by atoms with van der Waals surface area (Å²) in [5, 5.41) is 10.3. The average molecular weight is 388 g/mol. The third-order valence-electron chi connectivity index (χ3n) is 5.11. The van der Waals surface area contributed by atoms with Crippen molar-refractivity contribution in [3.8, 4) is 16.9 Å². The fourth-order valence-corrected chi connectivity index (χ4v) is 3.12. The smallest absolute Gasteiger partial charge is 0.255 e. The minimum atomic E-state index is -0.314. The number of amides is 2. The number of hydrogen-bond acceptors (Lipinski definition) is 3. The quantitative estimate of drug-likeness (QED) is 0.681. The Labute approximate surface area is 169 Å². The van der Waals surface area contributed by atoms with Crippen LogP contribution in [0, 0.1) is 13.8 Å². The number of aryl methyl sites for hydroxylation is 2. The van der Waals surface area contributed by atoms with Crippen LogP contribution in [0.2, 0.25) is 0 Å². The second-order valence-corrected chi connectivity index (χ2v) is 7.50. The van der Waals surface area contributed by atoms with E-state index in [1.807, 2.05) is 62.4 Å². The van der Waals surface area contributed by atoms with E-state index < -0.39 is 0 Å². The molecule has 3 aromatic rings. The maximum Gasteiger partial charge on any atom is 0.255 e. The molecule has 0 radical (unpaired) electrons. The van der Waals surface area contributed by atoms with Crippen molar-refractivity contribution in [2.45, 2.75) is 32.7 Å². The Hall–Kier alpha value is -3.41. The second kappa shape index (κ2) is 7.91. The minimum Gasteiger partial charge on any atom is -0.352 e. The first-order chi connectivity index (χ1) is 14.0. The first kappa shape index (κ1) is 18.9. The van der Waals surface area contributed by atoms with E-state index in [0.29, 0.717) is 11.3 Å². The molecule has 1 heterocycles. The van der Waals surface area contributed by atoms with E-state index in [9.17, 15) is 9.59 Å². The number of benzene rings is 2. The van der Waals surface area contributed by atoms with Crippen molar-refractivity contribution >= 4 is 11.8 Å². The van der Waals surface area contributed by atoms with Gasteiger partial charge < -0.3 is 10.6 Å². The monoisotopic (exact) mass is 388 g/mol. The van der Waals surface area contributed by atoms with E-state index in [-0.39, 0.29) is 24.4 Å². The third kappa shape index (κ3) is 4.37. The topological polar surface area (TPSA) is 76.0 Å². The summed E-state index contributed by atoms with van der Waals surface area (Å²) in [6.07, 6.45) is 3.74. The van der Waals surface area contributed by atoms with E-state index in [1.54, 1.807) is 10.9 Å². The molecule has 6 heteroatoms. The van der Waals surface area contributed by atoms with E-state index in [4.69, 9.17) is 0 Å². The van der Waals surface area contributed by atoms with Crippen LogP contribution in [-0.4, -0.2) is 34.2 Å². The average Bonchev–Trinajstić information content (AvgIpc) is 3.42. The molecule has 1 saturated carbocycles. The molecule has 0 atom stereocenters. The van der Waals surface area contributed by atoms with Crippen LogP contribution in [0.3, 0.4) is 0 Å². The Kier molecular flexibility index (Phi) is 5.16. The first-order valence-corrected chi connectivity index (χ1v) is 9.81. The number of carbonyl (C=O) groups excluding carboxylic acids is 2. The third-order valence-corrected chi connectivity index (χ3v) is 5.11. The largest absolute Gasteiger partial charge is 0.352 e. The van der Waals surface area contributed by atoms with Gasteiger partial charge in [0.25, 0.3) is 5.91 Å². The van der Waals surface area contributed by atoms with Gasteiger partial charge in [0.2, 0.25) is 5.91 Å². The normalized spacial score (nSPS) is 13.2. The molecule has 1 aromatic heterocycles. The maximum atomic E-state index is 12.9. The zero-order chi connectivity index (χ0) is 20.4. The van der Waals surface area contributed by atoms with Crippen molar-refractivity contribution in [2.24, 2.45) is 0 Å². The van der Waals surface area contributed by atoms with Gasteiger partial charge in [0.15, 0.2) is 0 Å². The highest BCUT2D eigenvalue weighted by Gasteiger charge is 2.24. The summed E-state index contributed by atoms with van der Waals surface area (Å²) in [4.78, 5) is 24.8. The van der Waals surface area contributed by atoms with Gasteiger partial charge in [-0.3, -0.25) is 9.59 Å². The lowest BCUT2D eigenvalue weighted by atomic mass is 10.0. The predicted molar refractivity (Wildman–Crippen MR) is 112 cm³/mol. The lowest BCUT2D eigenvalue weighted by molar-refractivity contribution is -0.120. The van der Waals surface area contributed by atoms with Crippen molar-refractivity contribution in [3.05, 3.63) is 71.4 Å². The van der Waals surface area contributed by atoms with Crippen LogP contribution in [0.1, 0.15) is 34.3 Å². The van der Waals surface area contributed by atoms with Crippen molar-refractivity contribution in [3.63, 3.8) is 0 Å². The van der Waals surface area contributed by atoms with Crippen molar-refractivity contribution < 1.29 is 9.59 Å². The molecule has 0 unspecified atom stereocenters. The van der Waals surface area contributed by atoms with Crippen LogP contribution in [0.25, 0.3) is 16.9 Å². The Balaban J connectivity index is 1.64. The number of rotatable bonds is 6. The van der Waals surface area contributed by atoms with Crippen molar-refractivity contribution in [2.75, 3.05) is 6.54 Å². The fourth-order valence-electron chi connectivity index (χ4n) is 3.12. The van der Waals surface area contributed by atoms with Crippen LogP contribution in [0.5, 0.6) is 0 Å². The summed E-state index contributed by atoms with van der Waals surface area (Å²) in [5.74, 6) is -0.476. The van der Waals surface area contributed by atoms with E-state index in [1.165, 1.54) is 5.56 Å². The molecule has 2 aromatic carbocycles. The minimum absolute atomic E-state index is 0.0434. The van der Waals surface area contributed by atoms with Gasteiger partial charge in [0, 0.05) is 17.8 Å². The van der Waals surface area contributed by atoms with Crippen molar-refractivity contribution in [1.29, 1.82) is 0 Å². The van der Waals surface area contributed by atoms with Gasteiger partial charge in [-0.05, 0) is 56.0 Å². The summed E-state index contributed by atoms with van der Waals surface area (Å²) < 4.78 is 1.70. The molecule has 29 heavy (non-hydrogen) atoms. The second-order valence-electron chi connectivity index (χ2n) is 7.50. The van der Waals surface area contributed by atoms with Crippen LogP contribution in [0.15, 0.2) is 54.7 Å². The molecule has 1 aliphatic carbocycles. The lowest BCUT2D eigenvalue weighted by Gasteiger charge is -2.07. The number of carbonyl (C=O) groups is 2. The molecule has 148 valence electrons. The van der Waals surface area contributed by atoms with Gasteiger partial charge in [-0.2, -0.15) is 5.10 Å². The summed E-state index contributed by atoms with van der Waals surface area (Å²) in [7, 11) is 0. The lowest BCUT2D eigenvalue weighted by Crippen LogP contribution is -2.37. The van der Waals surface area contributed by atoms with Gasteiger partial charge in [-0.1, -0.05) is 30.3 Å². The molecule has 0 spiro atoms. The molecule has 2 amide bonds. The Morgan fingerprint density at radius 3 is 2.52 bits per heavy atom. The highest BCUT2D eigenvalue weighted by molar-refractivity contribution is 6.01. The van der Waals surface area contributed by atoms with Crippen LogP contribution in [0.4, 0.5) is 0 Å². The molecule has 2 N–H and O–H groups in total. The molecule has 0 bridgehead atoms. The summed E-state index contributed by atoms with van der Waals surface area (Å²) >= 11 is 0. The molecule has 1 aliphatic rings. The number of hydrogen-bond donors (Lipinski definition) is 2. The van der Waals surface area contributed by atoms with Gasteiger partial charge in [-0.25, -0.2) is 4.68 Å². The molecule has 0 aliphatic heterocycles. The summed E-state index contributed by atoms with van der Waals surface area (Å²) in [6, 6.07) is 15.9. The number of aromatic nitrogens is 2. The van der Waals surface area contributed by atoms with Crippen LogP contribution < -0.4 is 10.6 Å². The number of nitrogens with one attached hydrogen (secondary N) is 2. The van der Waals surface area contributed by atoms with Crippen LogP contribution >= 0.6 is 0 Å². The van der Waals surface area contributed by atoms with Gasteiger partial charge >= 0.3 is 0 Å². The molecular weight excluding hydrogens is 364 g/mol. The van der Waals surface area contributed by atoms with E-state index in [0.717, 1.165) is 29.7 Å². The summed E-state index contributed by atoms with van der Waals surface area (Å²) in [6.45, 7) is 4.04. The van der Waals surface area contributed by atoms with Gasteiger partial charge in [0.1, 0.15) is 5.69 Å². The highest BCUT2D eigenvalue weighted by Crippen LogP contribution is 2.26. The molecule has 4 rings (SSSR count). The fraction of sp³-hybridized carbons (Fsp3) is 0.261. The van der Waals surface area contributed by atoms with E-state index in [2.05, 4.69) is 15.7 Å². The SMILES string of the molecule is Cc1ccc(-c2nn(-c3ccccc3)cc2C(=O)NCC(=O)NC2CC2)cc1C. The van der Waals surface area contributed by atoms with Gasteiger partial charge in [0.05, 0.1) is 17.8 Å². The highest BCUT2D eigenvalue weighted by atomic mass is 16.2. The van der Waals surface area contributed by atoms with Gasteiger partial charge in [-0.15, -0.1) is 0 Å². The number of para-hydroxylation sites is 1. The van der Waals surface area contributed by atoms with Crippen molar-refractivity contribution in [1.82, 2.24) is 20.4 Å². The standard InChI is InChI=1S/C23H24N4O2/c1-15-8-9-17(12-16(15)2)22-20(14-27(26-22)19-6-4-3-5-7-19)23(29)24-13-21(28)25-18-10-11-18/h3-9,12,14,18H,10-11,13H2,1-2H3,(H,24,29)(H,25,28). The molecule has 6 nitrogen and oxygen atoms in total. The predicted octanol–water partition coefficient (Wildman–Crippen LogP) is 3.16.